The van der Waals surface area contributed by atoms with Crippen LogP contribution in [-0.2, 0) is 33.1 Å². The molecule has 4 aromatic carbocycles. The lowest BCUT2D eigenvalue weighted by molar-refractivity contribution is -0.143. The predicted molar refractivity (Wildman–Crippen MR) is 276 cm³/mol. The molecular formula is C51H53ClF6N6O7S3. The van der Waals surface area contributed by atoms with Crippen molar-refractivity contribution in [3.63, 3.8) is 0 Å². The first-order chi connectivity index (χ1) is 35.0. The summed E-state index contributed by atoms with van der Waals surface area (Å²) in [5.74, 6) is -1.39. The number of hydrogen-bond donors (Lipinski definition) is 4. The Bertz CT molecular complexity index is 3120. The fourth-order valence-electron chi connectivity index (χ4n) is 9.40. The number of carboxylic acid groups (broad SMARTS) is 1. The number of piperidine rings is 1. The van der Waals surface area contributed by atoms with Gasteiger partial charge in [0.1, 0.15) is 10.6 Å². The Morgan fingerprint density at radius 1 is 0.838 bits per heavy atom. The van der Waals surface area contributed by atoms with Crippen LogP contribution in [0.3, 0.4) is 0 Å². The van der Waals surface area contributed by atoms with Crippen molar-refractivity contribution in [3.8, 4) is 11.1 Å². The number of rotatable bonds is 17. The van der Waals surface area contributed by atoms with Gasteiger partial charge in [0.15, 0.2) is 0 Å². The van der Waals surface area contributed by atoms with Crippen LogP contribution in [0.2, 0.25) is 0 Å². The van der Waals surface area contributed by atoms with Gasteiger partial charge in [0.05, 0.1) is 33.3 Å². The van der Waals surface area contributed by atoms with Gasteiger partial charge >= 0.3 is 17.7 Å². The van der Waals surface area contributed by atoms with Crippen LogP contribution < -0.4 is 19.8 Å². The molecule has 0 saturated carbocycles. The van der Waals surface area contributed by atoms with Crippen molar-refractivity contribution in [1.29, 1.82) is 0 Å². The van der Waals surface area contributed by atoms with E-state index in [2.05, 4.69) is 14.9 Å². The number of nitrogens with one attached hydrogen (secondary N) is 2. The number of benzene rings is 4. The first kappa shape index (κ1) is 54.6. The van der Waals surface area contributed by atoms with E-state index in [0.717, 1.165) is 21.6 Å². The summed E-state index contributed by atoms with van der Waals surface area (Å²) in [6.07, 6.45) is 1.43. The highest BCUT2D eigenvalue weighted by atomic mass is 35.5. The second-order valence-electron chi connectivity index (χ2n) is 18.2. The van der Waals surface area contributed by atoms with E-state index in [-0.39, 0.29) is 27.9 Å². The van der Waals surface area contributed by atoms with Crippen molar-refractivity contribution in [2.45, 2.75) is 69.6 Å². The van der Waals surface area contributed by atoms with Crippen molar-refractivity contribution < 1.29 is 58.2 Å². The molecule has 0 radical (unpaired) electrons. The van der Waals surface area contributed by atoms with E-state index in [1.165, 1.54) is 30.9 Å². The van der Waals surface area contributed by atoms with Gasteiger partial charge in [0, 0.05) is 92.2 Å². The Morgan fingerprint density at radius 3 is 2.11 bits per heavy atom. The Morgan fingerprint density at radius 2 is 1.50 bits per heavy atom. The number of aliphatic hydroxyl groups excluding tert-OH is 1. The summed E-state index contributed by atoms with van der Waals surface area (Å²) in [5.41, 5.74) is -6.22. The highest BCUT2D eigenvalue weighted by molar-refractivity contribution is 7.99. The molecule has 1 aromatic heterocycles. The maximum Gasteiger partial charge on any atom is 0.501 e. The lowest BCUT2D eigenvalue weighted by atomic mass is 9.94. The molecule has 0 spiro atoms. The number of alkyl halides is 7. The number of carboxylic acids is 1. The molecule has 396 valence electrons. The molecule has 2 fully saturated rings. The van der Waals surface area contributed by atoms with Crippen molar-refractivity contribution in [1.82, 2.24) is 9.47 Å². The number of halogens is 7. The molecule has 8 rings (SSSR count). The summed E-state index contributed by atoms with van der Waals surface area (Å²) >= 11 is 7.65. The third-order valence-electron chi connectivity index (χ3n) is 13.2. The number of sulfonamides is 1. The molecule has 1 aliphatic carbocycles. The summed E-state index contributed by atoms with van der Waals surface area (Å²) in [7, 11) is -9.52. The van der Waals surface area contributed by atoms with Crippen LogP contribution in [-0.4, -0.2) is 117 Å². The number of nitrogens with zero attached hydrogens (tertiary/aromatic N) is 4. The van der Waals surface area contributed by atoms with Gasteiger partial charge in [-0.15, -0.1) is 23.4 Å². The molecule has 1 unspecified atom stereocenters. The number of likely N-dealkylation sites (tertiary alicyclic amines) is 1. The first-order valence-corrected chi connectivity index (χ1v) is 28.0. The Balaban J connectivity index is 0.970. The number of piperazine rings is 1. The van der Waals surface area contributed by atoms with Gasteiger partial charge in [-0.25, -0.2) is 21.6 Å². The number of anilines is 4. The van der Waals surface area contributed by atoms with Crippen molar-refractivity contribution in [2.24, 2.45) is 7.05 Å². The lowest BCUT2D eigenvalue weighted by Gasteiger charge is -2.37. The summed E-state index contributed by atoms with van der Waals surface area (Å²) in [5, 5.41) is 22.8. The Labute approximate surface area is 434 Å². The summed E-state index contributed by atoms with van der Waals surface area (Å²) in [6.45, 7) is 3.54. The molecule has 13 nitrogen and oxygen atoms in total. The SMILES string of the molecule is Cn1c(C2=CCC(Cl)C=C2)c(-c2cccc(N3CCN(c4ccc(NS(=O)(=O)c5ccc(N[C@H](CCN6CCC(O)CC6)CSc6ccccc6)c(S(=O)(=O)C(F)(F)F)c5)cc4)CC3)c2)c(C(=O)O)c1C(F)(F)F. The molecule has 3 aliphatic rings. The van der Waals surface area contributed by atoms with Gasteiger partial charge in [0.2, 0.25) is 0 Å². The molecule has 3 heterocycles. The van der Waals surface area contributed by atoms with Crippen molar-refractivity contribution in [3.05, 3.63) is 132 Å². The molecule has 2 saturated heterocycles. The van der Waals surface area contributed by atoms with Crippen molar-refractivity contribution >= 4 is 77.5 Å². The largest absolute Gasteiger partial charge is 0.501 e. The summed E-state index contributed by atoms with van der Waals surface area (Å²) in [4.78, 5) is 17.7. The van der Waals surface area contributed by atoms with Crippen LogP contribution >= 0.6 is 23.4 Å². The molecule has 23 heteroatoms. The maximum absolute atomic E-state index is 14.5. The second kappa shape index (κ2) is 22.3. The quantitative estimate of drug-likeness (QED) is 0.0396. The number of allylic oxidation sites excluding steroid dienone is 4. The molecule has 4 N–H and O–H groups in total. The van der Waals surface area contributed by atoms with Crippen LogP contribution in [0.1, 0.15) is 47.4 Å². The number of sulfone groups is 1. The molecule has 0 amide bonds. The minimum atomic E-state index is -6.07. The van der Waals surface area contributed by atoms with Gasteiger partial charge in [-0.3, -0.25) is 4.72 Å². The van der Waals surface area contributed by atoms with E-state index < -0.39 is 76.4 Å². The van der Waals surface area contributed by atoms with Gasteiger partial charge in [-0.2, -0.15) is 26.3 Å². The first-order valence-electron chi connectivity index (χ1n) is 23.6. The number of aliphatic hydroxyl groups is 1. The minimum absolute atomic E-state index is 0.0477. The minimum Gasteiger partial charge on any atom is -0.478 e. The van der Waals surface area contributed by atoms with Gasteiger partial charge in [-0.05, 0) is 104 Å². The van der Waals surface area contributed by atoms with E-state index in [0.29, 0.717) is 100 Å². The normalized spacial score (nSPS) is 17.8. The molecule has 0 bridgehead atoms. The smallest absolute Gasteiger partial charge is 0.478 e. The van der Waals surface area contributed by atoms with E-state index in [1.807, 2.05) is 40.1 Å². The van der Waals surface area contributed by atoms with Crippen LogP contribution in [0.5, 0.6) is 0 Å². The van der Waals surface area contributed by atoms with E-state index in [1.54, 1.807) is 54.6 Å². The van der Waals surface area contributed by atoms with Gasteiger partial charge in [-0.1, -0.05) is 48.6 Å². The number of thioether (sulfide) groups is 1. The van der Waals surface area contributed by atoms with Crippen LogP contribution in [0, 0.1) is 0 Å². The van der Waals surface area contributed by atoms with Crippen LogP contribution in [0.4, 0.5) is 49.1 Å². The molecule has 2 aliphatic heterocycles. The standard InChI is InChI=1S/C51H53ClF6N6O7S3/c1-61-47(33-10-12-35(52)13-11-33)45(46(49(66)67)48(61)50(53,54)55)34-6-5-7-39(30-34)64-28-26-63(27-29-64)38-16-14-36(15-17-38)60-74(70,71)42-18-19-43(44(31-42)73(68,69)51(56,57)58)59-37(32-72-41-8-3-2-4-9-41)20-23-62-24-21-40(65)22-25-62/h2-12,14-19,30-31,35,37,40,59-60,65H,13,20-29,32H2,1H3,(H,66,67)/t35?,37-/m1/s1. The molecular weight excluding hydrogens is 1050 g/mol. The van der Waals surface area contributed by atoms with Crippen LogP contribution in [0.25, 0.3) is 16.7 Å². The molecule has 5 aromatic rings. The number of hydrogen-bond acceptors (Lipinski definition) is 11. The van der Waals surface area contributed by atoms with Gasteiger partial charge in [0.25, 0.3) is 19.9 Å². The molecule has 74 heavy (non-hydrogen) atoms. The van der Waals surface area contributed by atoms with Crippen LogP contribution in [0.15, 0.2) is 130 Å². The lowest BCUT2D eigenvalue weighted by Crippen LogP contribution is -2.46. The fourth-order valence-corrected chi connectivity index (χ4v) is 12.7. The predicted octanol–water partition coefficient (Wildman–Crippen LogP) is 10.2. The number of aromatic nitrogens is 1. The highest BCUT2D eigenvalue weighted by Gasteiger charge is 2.49. The summed E-state index contributed by atoms with van der Waals surface area (Å²) in [6, 6.07) is 24.2. The fraction of sp³-hybridized carbons (Fsp3) is 0.353. The van der Waals surface area contributed by atoms with Gasteiger partial charge < -0.3 is 34.8 Å². The number of aromatic carboxylic acids is 1. The third-order valence-corrected chi connectivity index (χ3v) is 17.6. The number of carbonyl (C=O) groups is 1. The maximum atomic E-state index is 14.5. The monoisotopic (exact) mass is 1110 g/mol. The van der Waals surface area contributed by atoms with E-state index in [9.17, 15) is 58.2 Å². The zero-order valence-electron chi connectivity index (χ0n) is 39.8. The molecule has 2 atom stereocenters. The summed E-state index contributed by atoms with van der Waals surface area (Å²) < 4.78 is 143. The Hall–Kier alpha value is -5.65. The third kappa shape index (κ3) is 12.4. The van der Waals surface area contributed by atoms with Crippen molar-refractivity contribution in [2.75, 3.05) is 71.4 Å². The highest BCUT2D eigenvalue weighted by Crippen LogP contribution is 2.45. The average molecular weight is 1110 g/mol. The zero-order valence-corrected chi connectivity index (χ0v) is 43.0. The average Bonchev–Trinajstić information content (AvgIpc) is 3.69. The van der Waals surface area contributed by atoms with E-state index in [4.69, 9.17) is 11.6 Å². The topological polar surface area (TPSA) is 165 Å². The Kier molecular flexibility index (Phi) is 16.4. The van der Waals surface area contributed by atoms with E-state index >= 15 is 0 Å². The zero-order chi connectivity index (χ0) is 53.2. The second-order valence-corrected chi connectivity index (χ2v) is 23.4.